The summed E-state index contributed by atoms with van der Waals surface area (Å²) < 4.78 is 20.1. The summed E-state index contributed by atoms with van der Waals surface area (Å²) in [5, 5.41) is 3.95. The van der Waals surface area contributed by atoms with Crippen LogP contribution in [0.4, 0.5) is 15.9 Å². The molecule has 2 aromatic heterocycles. The Morgan fingerprint density at radius 1 is 1.44 bits per heavy atom. The molecule has 0 aliphatic heterocycles. The van der Waals surface area contributed by atoms with Crippen LogP contribution in [0.15, 0.2) is 28.3 Å². The van der Waals surface area contributed by atoms with E-state index >= 15 is 0 Å². The Morgan fingerprint density at radius 2 is 2.24 bits per heavy atom. The molecule has 2 heterocycles. The summed E-state index contributed by atoms with van der Waals surface area (Å²) in [7, 11) is 0. The summed E-state index contributed by atoms with van der Waals surface area (Å²) in [4.78, 5) is 20.8. The third-order valence-corrected chi connectivity index (χ3v) is 7.64. The summed E-state index contributed by atoms with van der Waals surface area (Å²) in [6, 6.07) is 4.34. The molecule has 0 spiro atoms. The van der Waals surface area contributed by atoms with Crippen LogP contribution < -0.4 is 5.32 Å². The van der Waals surface area contributed by atoms with E-state index in [1.165, 1.54) is 18.5 Å². The first-order valence-corrected chi connectivity index (χ1v) is 10.6. The van der Waals surface area contributed by atoms with E-state index in [4.69, 9.17) is 16.3 Å². The van der Waals surface area contributed by atoms with Gasteiger partial charge in [-0.3, -0.25) is 0 Å². The Morgan fingerprint density at radius 3 is 2.92 bits per heavy atom. The van der Waals surface area contributed by atoms with Crippen molar-refractivity contribution in [3.8, 4) is 0 Å². The monoisotopic (exact) mass is 445 g/mol. The van der Waals surface area contributed by atoms with E-state index in [0.29, 0.717) is 28.1 Å². The summed E-state index contributed by atoms with van der Waals surface area (Å²) in [5.74, 6) is -0.279. The van der Waals surface area contributed by atoms with Crippen molar-refractivity contribution < 1.29 is 13.9 Å². The third-order valence-electron chi connectivity index (χ3n) is 3.29. The molecule has 0 fully saturated rings. The normalized spacial score (nSPS) is 10.9. The summed E-state index contributed by atoms with van der Waals surface area (Å²) in [6.07, 6.45) is 3.34. The van der Waals surface area contributed by atoms with E-state index in [1.54, 1.807) is 24.8 Å². The number of ether oxygens (including phenoxy) is 1. The van der Waals surface area contributed by atoms with Crippen LogP contribution in [0.2, 0.25) is 5.02 Å². The SMILES string of the molecule is CCOC(=O)c1[se]c(SC)c2c(Nc3ccc(F)c(Cl)c3)ncnc12. The molecule has 0 saturated heterocycles. The van der Waals surface area contributed by atoms with Crippen molar-refractivity contribution in [2.45, 2.75) is 10.7 Å². The topological polar surface area (TPSA) is 64.1 Å². The number of carbonyl (C=O) groups is 1. The maximum absolute atomic E-state index is 13.3. The van der Waals surface area contributed by atoms with E-state index in [9.17, 15) is 9.18 Å². The molecular formula is C16H13ClFN3O2SSe. The molecule has 0 atom stereocenters. The van der Waals surface area contributed by atoms with Gasteiger partial charge in [0.25, 0.3) is 0 Å². The van der Waals surface area contributed by atoms with Crippen LogP contribution in [0.25, 0.3) is 10.9 Å². The number of anilines is 2. The Kier molecular flexibility index (Phi) is 5.64. The number of halogens is 2. The van der Waals surface area contributed by atoms with Crippen LogP contribution in [0, 0.1) is 5.82 Å². The zero-order valence-electron chi connectivity index (χ0n) is 13.3. The Balaban J connectivity index is 2.09. The fourth-order valence-electron chi connectivity index (χ4n) is 2.23. The number of hydrogen-bond donors (Lipinski definition) is 1. The van der Waals surface area contributed by atoms with E-state index < -0.39 is 5.82 Å². The predicted octanol–water partition coefficient (Wildman–Crippen LogP) is 4.12. The zero-order valence-corrected chi connectivity index (χ0v) is 16.6. The van der Waals surface area contributed by atoms with E-state index in [2.05, 4.69) is 15.3 Å². The third kappa shape index (κ3) is 3.67. The van der Waals surface area contributed by atoms with Crippen molar-refractivity contribution in [2.24, 2.45) is 0 Å². The molecule has 0 unspecified atom stereocenters. The van der Waals surface area contributed by atoms with Crippen LogP contribution >= 0.6 is 23.4 Å². The van der Waals surface area contributed by atoms with Crippen molar-refractivity contribution in [3.05, 3.63) is 39.8 Å². The van der Waals surface area contributed by atoms with Crippen molar-refractivity contribution in [1.29, 1.82) is 0 Å². The molecule has 3 aromatic rings. The van der Waals surface area contributed by atoms with E-state index in [-0.39, 0.29) is 25.5 Å². The first-order valence-electron chi connectivity index (χ1n) is 7.25. The molecule has 0 bridgehead atoms. The number of esters is 1. The van der Waals surface area contributed by atoms with Crippen LogP contribution in [0.1, 0.15) is 16.2 Å². The van der Waals surface area contributed by atoms with Gasteiger partial charge in [-0.15, -0.1) is 0 Å². The van der Waals surface area contributed by atoms with Gasteiger partial charge in [0.15, 0.2) is 0 Å². The number of nitrogens with one attached hydrogen (secondary N) is 1. The average Bonchev–Trinajstić information content (AvgIpc) is 2.98. The molecule has 1 N–H and O–H groups in total. The minimum absolute atomic E-state index is 0.0211. The van der Waals surface area contributed by atoms with Gasteiger partial charge in [0, 0.05) is 0 Å². The van der Waals surface area contributed by atoms with Gasteiger partial charge in [0.1, 0.15) is 0 Å². The van der Waals surface area contributed by atoms with Gasteiger partial charge in [-0.2, -0.15) is 0 Å². The number of benzene rings is 1. The molecule has 9 heteroatoms. The molecule has 25 heavy (non-hydrogen) atoms. The zero-order chi connectivity index (χ0) is 18.0. The van der Waals surface area contributed by atoms with Gasteiger partial charge in [0.2, 0.25) is 0 Å². The van der Waals surface area contributed by atoms with Crippen molar-refractivity contribution in [2.75, 3.05) is 18.2 Å². The van der Waals surface area contributed by atoms with Gasteiger partial charge < -0.3 is 0 Å². The molecule has 0 radical (unpaired) electrons. The maximum atomic E-state index is 13.3. The second kappa shape index (κ2) is 7.74. The van der Waals surface area contributed by atoms with Gasteiger partial charge in [-0.05, 0) is 0 Å². The van der Waals surface area contributed by atoms with Gasteiger partial charge in [-0.25, -0.2) is 0 Å². The second-order valence-corrected chi connectivity index (χ2v) is 8.79. The fourth-order valence-corrected chi connectivity index (χ4v) is 5.68. The number of rotatable bonds is 5. The number of nitrogens with zero attached hydrogens (tertiary/aromatic N) is 2. The molecule has 1 aromatic carbocycles. The summed E-state index contributed by atoms with van der Waals surface area (Å²) >= 11 is 7.19. The average molecular weight is 445 g/mol. The first-order chi connectivity index (χ1) is 12.0. The van der Waals surface area contributed by atoms with Crippen LogP contribution in [-0.4, -0.2) is 43.3 Å². The van der Waals surface area contributed by atoms with E-state index in [0.717, 1.165) is 9.16 Å². The quantitative estimate of drug-likeness (QED) is 0.363. The van der Waals surface area contributed by atoms with Crippen LogP contribution in [0.3, 0.4) is 0 Å². The van der Waals surface area contributed by atoms with Crippen molar-refractivity contribution >= 4 is 66.2 Å². The molecule has 130 valence electrons. The van der Waals surface area contributed by atoms with Crippen LogP contribution in [0.5, 0.6) is 0 Å². The number of carbonyl (C=O) groups excluding carboxylic acids is 1. The first kappa shape index (κ1) is 18.2. The molecule has 0 aliphatic carbocycles. The van der Waals surface area contributed by atoms with Crippen LogP contribution in [-0.2, 0) is 4.74 Å². The Bertz CT molecular complexity index is 951. The summed E-state index contributed by atoms with van der Waals surface area (Å²) in [5.41, 5.74) is 1.19. The fraction of sp³-hybridized carbons (Fsp3) is 0.188. The Labute approximate surface area is 158 Å². The molecular weight excluding hydrogens is 432 g/mol. The number of hydrogen-bond acceptors (Lipinski definition) is 6. The van der Waals surface area contributed by atoms with Gasteiger partial charge in [-0.1, -0.05) is 0 Å². The summed E-state index contributed by atoms with van der Waals surface area (Å²) in [6.45, 7) is 2.08. The van der Waals surface area contributed by atoms with Crippen molar-refractivity contribution in [1.82, 2.24) is 9.97 Å². The van der Waals surface area contributed by atoms with Gasteiger partial charge >= 0.3 is 159 Å². The van der Waals surface area contributed by atoms with E-state index in [1.807, 2.05) is 6.26 Å². The number of thioether (sulfide) groups is 1. The molecule has 0 aliphatic rings. The number of fused-ring (bicyclic) bond motifs is 1. The molecule has 0 saturated carbocycles. The molecule has 0 amide bonds. The standard InChI is InChI=1S/C16H13ClFN3O2SSe/c1-3-23-15(22)13-12-11(16(24-2)25-13)14(20-7-19-12)21-8-4-5-10(18)9(17)6-8/h4-7H,3H2,1-2H3,(H,19,20,21). The van der Waals surface area contributed by atoms with Gasteiger partial charge in [0.05, 0.1) is 0 Å². The Hall–Kier alpha value is -1.60. The minimum atomic E-state index is -0.488. The number of aromatic nitrogens is 2. The molecule has 5 nitrogen and oxygen atoms in total. The predicted molar refractivity (Wildman–Crippen MR) is 98.9 cm³/mol. The molecule has 3 rings (SSSR count). The van der Waals surface area contributed by atoms with Crippen molar-refractivity contribution in [3.63, 3.8) is 0 Å². The second-order valence-electron chi connectivity index (χ2n) is 4.84.